The number of nitrogens with one attached hydrogen (secondary N) is 2. The largest absolute Gasteiger partial charge is 0.357 e. The van der Waals surface area contributed by atoms with E-state index in [1.807, 2.05) is 0 Å². The zero-order chi connectivity index (χ0) is 17.8. The predicted octanol–water partition coefficient (Wildman–Crippen LogP) is 3.39. The quantitative estimate of drug-likeness (QED) is 0.508. The van der Waals surface area contributed by atoms with Gasteiger partial charge in [0.25, 0.3) is 0 Å². The summed E-state index contributed by atoms with van der Waals surface area (Å²) < 4.78 is 12.9. The van der Waals surface area contributed by atoms with E-state index >= 15 is 0 Å². The molecule has 1 rings (SSSR count). The number of guanidine groups is 1. The Morgan fingerprint density at radius 2 is 1.83 bits per heavy atom. The topological polar surface area (TPSA) is 39.7 Å². The SMILES string of the molecule is CCNC(=NCc1ccc(F)cc1)NC(C)CCCN(CC)CC. The smallest absolute Gasteiger partial charge is 0.191 e. The molecule has 0 saturated carbocycles. The van der Waals surface area contributed by atoms with Crippen molar-refractivity contribution in [3.05, 3.63) is 35.6 Å². The first-order valence-corrected chi connectivity index (χ1v) is 9.10. The fourth-order valence-electron chi connectivity index (χ4n) is 2.55. The molecule has 0 fully saturated rings. The van der Waals surface area contributed by atoms with Crippen molar-refractivity contribution in [3.8, 4) is 0 Å². The Bertz CT molecular complexity index is 469. The minimum Gasteiger partial charge on any atom is -0.357 e. The fourth-order valence-corrected chi connectivity index (χ4v) is 2.55. The zero-order valence-corrected chi connectivity index (χ0v) is 15.6. The molecule has 1 aromatic carbocycles. The fraction of sp³-hybridized carbons (Fsp3) is 0.632. The van der Waals surface area contributed by atoms with Gasteiger partial charge < -0.3 is 15.5 Å². The van der Waals surface area contributed by atoms with Gasteiger partial charge in [-0.2, -0.15) is 0 Å². The highest BCUT2D eigenvalue weighted by Gasteiger charge is 2.06. The molecule has 1 unspecified atom stereocenters. The molecule has 0 radical (unpaired) electrons. The van der Waals surface area contributed by atoms with Crippen LogP contribution < -0.4 is 10.6 Å². The Morgan fingerprint density at radius 3 is 2.42 bits per heavy atom. The number of hydrogen-bond acceptors (Lipinski definition) is 2. The van der Waals surface area contributed by atoms with E-state index in [4.69, 9.17) is 0 Å². The molecule has 0 amide bonds. The van der Waals surface area contributed by atoms with Crippen molar-refractivity contribution in [2.75, 3.05) is 26.2 Å². The number of aliphatic imine (C=N–C) groups is 1. The highest BCUT2D eigenvalue weighted by molar-refractivity contribution is 5.80. The molecule has 0 spiro atoms. The number of nitrogens with zero attached hydrogens (tertiary/aromatic N) is 2. The Morgan fingerprint density at radius 1 is 1.17 bits per heavy atom. The summed E-state index contributed by atoms with van der Waals surface area (Å²) in [7, 11) is 0. The van der Waals surface area contributed by atoms with Crippen LogP contribution in [0.3, 0.4) is 0 Å². The van der Waals surface area contributed by atoms with Gasteiger partial charge in [-0.3, -0.25) is 0 Å². The average molecular weight is 336 g/mol. The van der Waals surface area contributed by atoms with E-state index in [0.717, 1.165) is 44.1 Å². The lowest BCUT2D eigenvalue weighted by Gasteiger charge is -2.21. The molecule has 1 aromatic rings. The van der Waals surface area contributed by atoms with Crippen LogP contribution in [0.1, 0.15) is 46.1 Å². The minimum atomic E-state index is -0.213. The number of benzene rings is 1. The van der Waals surface area contributed by atoms with Crippen LogP contribution in [0.4, 0.5) is 4.39 Å². The Kier molecular flexibility index (Phi) is 10.1. The minimum absolute atomic E-state index is 0.213. The molecular formula is C19H33FN4. The lowest BCUT2D eigenvalue weighted by Crippen LogP contribution is -2.42. The van der Waals surface area contributed by atoms with Crippen LogP contribution in [0.2, 0.25) is 0 Å². The molecule has 24 heavy (non-hydrogen) atoms. The molecule has 1 atom stereocenters. The van der Waals surface area contributed by atoms with E-state index in [9.17, 15) is 4.39 Å². The number of hydrogen-bond donors (Lipinski definition) is 2. The van der Waals surface area contributed by atoms with Gasteiger partial charge in [-0.05, 0) is 64.0 Å². The van der Waals surface area contributed by atoms with Crippen LogP contribution in [-0.4, -0.2) is 43.1 Å². The van der Waals surface area contributed by atoms with Crippen molar-refractivity contribution >= 4 is 5.96 Å². The molecule has 0 aromatic heterocycles. The second-order valence-electron chi connectivity index (χ2n) is 6.04. The van der Waals surface area contributed by atoms with E-state index < -0.39 is 0 Å². The van der Waals surface area contributed by atoms with Gasteiger partial charge in [-0.15, -0.1) is 0 Å². The second-order valence-corrected chi connectivity index (χ2v) is 6.04. The van der Waals surface area contributed by atoms with Crippen molar-refractivity contribution in [1.82, 2.24) is 15.5 Å². The zero-order valence-electron chi connectivity index (χ0n) is 15.6. The summed E-state index contributed by atoms with van der Waals surface area (Å²) in [4.78, 5) is 7.04. The lowest BCUT2D eigenvalue weighted by atomic mass is 10.2. The second kappa shape index (κ2) is 11.8. The first-order valence-electron chi connectivity index (χ1n) is 9.10. The van der Waals surface area contributed by atoms with Crippen molar-refractivity contribution in [2.24, 2.45) is 4.99 Å². The summed E-state index contributed by atoms with van der Waals surface area (Å²) in [6.45, 7) is 13.4. The molecule has 0 heterocycles. The first-order chi connectivity index (χ1) is 11.6. The Balaban J connectivity index is 2.45. The van der Waals surface area contributed by atoms with Crippen LogP contribution in [0.25, 0.3) is 0 Å². The molecule has 136 valence electrons. The molecule has 0 aliphatic carbocycles. The molecular weight excluding hydrogens is 303 g/mol. The first kappa shape index (κ1) is 20.4. The maximum absolute atomic E-state index is 12.9. The van der Waals surface area contributed by atoms with Crippen LogP contribution in [-0.2, 0) is 6.54 Å². The summed E-state index contributed by atoms with van der Waals surface area (Å²) >= 11 is 0. The van der Waals surface area contributed by atoms with Crippen molar-refractivity contribution in [2.45, 2.75) is 53.1 Å². The Labute approximate surface area is 146 Å². The van der Waals surface area contributed by atoms with Gasteiger partial charge in [0.15, 0.2) is 5.96 Å². The van der Waals surface area contributed by atoms with Crippen molar-refractivity contribution in [1.29, 1.82) is 0 Å². The maximum Gasteiger partial charge on any atom is 0.191 e. The van der Waals surface area contributed by atoms with Crippen LogP contribution in [0, 0.1) is 5.82 Å². The average Bonchev–Trinajstić information content (AvgIpc) is 2.58. The van der Waals surface area contributed by atoms with Gasteiger partial charge in [0.05, 0.1) is 6.54 Å². The summed E-state index contributed by atoms with van der Waals surface area (Å²) in [5.41, 5.74) is 1.00. The molecule has 0 bridgehead atoms. The molecule has 0 aliphatic rings. The molecule has 0 saturated heterocycles. The highest BCUT2D eigenvalue weighted by Crippen LogP contribution is 2.04. The van der Waals surface area contributed by atoms with E-state index in [-0.39, 0.29) is 5.82 Å². The van der Waals surface area contributed by atoms with Crippen LogP contribution in [0.5, 0.6) is 0 Å². The van der Waals surface area contributed by atoms with Gasteiger partial charge >= 0.3 is 0 Å². The third kappa shape index (κ3) is 8.29. The van der Waals surface area contributed by atoms with Gasteiger partial charge in [-0.25, -0.2) is 9.38 Å². The predicted molar refractivity (Wildman–Crippen MR) is 101 cm³/mol. The van der Waals surface area contributed by atoms with Crippen LogP contribution >= 0.6 is 0 Å². The van der Waals surface area contributed by atoms with E-state index in [2.05, 4.69) is 48.2 Å². The molecule has 5 heteroatoms. The van der Waals surface area contributed by atoms with Gasteiger partial charge in [-0.1, -0.05) is 26.0 Å². The lowest BCUT2D eigenvalue weighted by molar-refractivity contribution is 0.292. The standard InChI is InChI=1S/C19H33FN4/c1-5-21-19(22-15-17-10-12-18(20)13-11-17)23-16(4)9-8-14-24(6-2)7-3/h10-13,16H,5-9,14-15H2,1-4H3,(H2,21,22,23). The van der Waals surface area contributed by atoms with Gasteiger partial charge in [0.2, 0.25) is 0 Å². The normalized spacial score (nSPS) is 13.2. The molecule has 0 aliphatic heterocycles. The van der Waals surface area contributed by atoms with E-state index in [0.29, 0.717) is 12.6 Å². The number of halogens is 1. The molecule has 4 nitrogen and oxygen atoms in total. The monoisotopic (exact) mass is 336 g/mol. The molecule has 2 N–H and O–H groups in total. The third-order valence-electron chi connectivity index (χ3n) is 4.07. The van der Waals surface area contributed by atoms with Gasteiger partial charge in [0, 0.05) is 12.6 Å². The Hall–Kier alpha value is -1.62. The van der Waals surface area contributed by atoms with E-state index in [1.54, 1.807) is 12.1 Å². The summed E-state index contributed by atoms with van der Waals surface area (Å²) in [5, 5.41) is 6.73. The number of rotatable bonds is 10. The highest BCUT2D eigenvalue weighted by atomic mass is 19.1. The summed E-state index contributed by atoms with van der Waals surface area (Å²) in [5.74, 6) is 0.603. The maximum atomic E-state index is 12.9. The van der Waals surface area contributed by atoms with Gasteiger partial charge in [0.1, 0.15) is 5.82 Å². The summed E-state index contributed by atoms with van der Waals surface area (Å²) in [6, 6.07) is 6.86. The van der Waals surface area contributed by atoms with Crippen LogP contribution in [0.15, 0.2) is 29.3 Å². The van der Waals surface area contributed by atoms with Crippen molar-refractivity contribution in [3.63, 3.8) is 0 Å². The summed E-state index contributed by atoms with van der Waals surface area (Å²) in [6.07, 6.45) is 2.28. The van der Waals surface area contributed by atoms with E-state index in [1.165, 1.54) is 18.6 Å². The van der Waals surface area contributed by atoms with Crippen molar-refractivity contribution < 1.29 is 4.39 Å². The third-order valence-corrected chi connectivity index (χ3v) is 4.07.